The number of para-hydroxylation sites is 2. The normalized spacial score (nSPS) is 10.3. The number of benzene rings is 1. The van der Waals surface area contributed by atoms with Crippen LogP contribution in [0.25, 0.3) is 0 Å². The summed E-state index contributed by atoms with van der Waals surface area (Å²) in [6.07, 6.45) is 3.69. The van der Waals surface area contributed by atoms with Crippen LogP contribution >= 0.6 is 0 Å². The number of pyridine rings is 1. The second-order valence-corrected chi connectivity index (χ2v) is 5.56. The number of anilines is 2. The fourth-order valence-electron chi connectivity index (χ4n) is 2.32. The fourth-order valence-corrected chi connectivity index (χ4v) is 2.32. The molecule has 1 aromatic carbocycles. The van der Waals surface area contributed by atoms with Gasteiger partial charge in [-0.05, 0) is 37.6 Å². The van der Waals surface area contributed by atoms with Crippen molar-refractivity contribution in [1.29, 1.82) is 0 Å². The maximum Gasteiger partial charge on any atom is 0.272 e. The molecule has 0 saturated carbocycles. The molecule has 0 radical (unpaired) electrons. The van der Waals surface area contributed by atoms with Gasteiger partial charge in [0.05, 0.1) is 12.3 Å². The van der Waals surface area contributed by atoms with Crippen molar-refractivity contribution in [3.8, 4) is 5.75 Å². The average molecular weight is 327 g/mol. The van der Waals surface area contributed by atoms with Gasteiger partial charge in [-0.2, -0.15) is 0 Å². The standard InChI is InChI=1S/C19H25N3O2/c1-4-6-13-22(3)19(23)17-14-15(11-12-20-17)21-16-9-7-8-10-18(16)24-5-2/h7-12,14H,4-6,13H2,1-3H3,(H,20,21). The summed E-state index contributed by atoms with van der Waals surface area (Å²) in [5.74, 6) is 0.718. The van der Waals surface area contributed by atoms with Gasteiger partial charge >= 0.3 is 0 Å². The smallest absolute Gasteiger partial charge is 0.272 e. The number of hydrogen-bond donors (Lipinski definition) is 1. The number of carbonyl (C=O) groups is 1. The minimum absolute atomic E-state index is 0.0646. The van der Waals surface area contributed by atoms with Gasteiger partial charge in [0.2, 0.25) is 0 Å². The van der Waals surface area contributed by atoms with Gasteiger partial charge in [-0.25, -0.2) is 0 Å². The van der Waals surface area contributed by atoms with Crippen molar-refractivity contribution in [2.24, 2.45) is 0 Å². The first-order valence-electron chi connectivity index (χ1n) is 8.36. The molecule has 1 N–H and O–H groups in total. The molecule has 0 aliphatic rings. The van der Waals surface area contributed by atoms with Crippen molar-refractivity contribution in [2.45, 2.75) is 26.7 Å². The van der Waals surface area contributed by atoms with Gasteiger partial charge in [-0.3, -0.25) is 9.78 Å². The molecule has 0 atom stereocenters. The fraction of sp³-hybridized carbons (Fsp3) is 0.368. The molecule has 0 aliphatic heterocycles. The zero-order chi connectivity index (χ0) is 17.4. The quantitative estimate of drug-likeness (QED) is 0.793. The van der Waals surface area contributed by atoms with E-state index in [0.29, 0.717) is 12.3 Å². The summed E-state index contributed by atoms with van der Waals surface area (Å²) < 4.78 is 5.62. The highest BCUT2D eigenvalue weighted by Gasteiger charge is 2.13. The summed E-state index contributed by atoms with van der Waals surface area (Å²) in [4.78, 5) is 18.4. The third-order valence-corrected chi connectivity index (χ3v) is 3.64. The topological polar surface area (TPSA) is 54.5 Å². The van der Waals surface area contributed by atoms with Crippen LogP contribution < -0.4 is 10.1 Å². The predicted molar refractivity (Wildman–Crippen MR) is 97.0 cm³/mol. The molecule has 2 rings (SSSR count). The summed E-state index contributed by atoms with van der Waals surface area (Å²) in [6.45, 7) is 5.39. The van der Waals surface area contributed by atoms with Gasteiger partial charge in [0, 0.05) is 25.5 Å². The Morgan fingerprint density at radius 2 is 2.04 bits per heavy atom. The third kappa shape index (κ3) is 4.72. The molecule has 2 aromatic rings. The van der Waals surface area contributed by atoms with Crippen LogP contribution in [0.1, 0.15) is 37.2 Å². The Labute approximate surface area is 143 Å². The van der Waals surface area contributed by atoms with E-state index in [4.69, 9.17) is 4.74 Å². The minimum Gasteiger partial charge on any atom is -0.492 e. The Kier molecular flexibility index (Phi) is 6.61. The molecule has 0 spiro atoms. The van der Waals surface area contributed by atoms with Crippen molar-refractivity contribution in [3.05, 3.63) is 48.3 Å². The summed E-state index contributed by atoms with van der Waals surface area (Å²) in [6, 6.07) is 11.3. The third-order valence-electron chi connectivity index (χ3n) is 3.64. The number of rotatable bonds is 8. The molecule has 128 valence electrons. The van der Waals surface area contributed by atoms with Gasteiger partial charge in [-0.15, -0.1) is 0 Å². The highest BCUT2D eigenvalue weighted by molar-refractivity contribution is 5.93. The lowest BCUT2D eigenvalue weighted by Gasteiger charge is -2.17. The van der Waals surface area contributed by atoms with Crippen LogP contribution in [0.2, 0.25) is 0 Å². The molecule has 24 heavy (non-hydrogen) atoms. The second-order valence-electron chi connectivity index (χ2n) is 5.56. The number of hydrogen-bond acceptors (Lipinski definition) is 4. The van der Waals surface area contributed by atoms with Gasteiger partial charge in [0.25, 0.3) is 5.91 Å². The lowest BCUT2D eigenvalue weighted by molar-refractivity contribution is 0.0787. The Morgan fingerprint density at radius 3 is 2.79 bits per heavy atom. The molecular weight excluding hydrogens is 302 g/mol. The van der Waals surface area contributed by atoms with E-state index >= 15 is 0 Å². The minimum atomic E-state index is -0.0646. The second kappa shape index (κ2) is 8.91. The lowest BCUT2D eigenvalue weighted by Crippen LogP contribution is -2.28. The summed E-state index contributed by atoms with van der Waals surface area (Å²) in [7, 11) is 1.81. The Morgan fingerprint density at radius 1 is 1.25 bits per heavy atom. The van der Waals surface area contributed by atoms with Crippen molar-refractivity contribution in [1.82, 2.24) is 9.88 Å². The first kappa shape index (κ1) is 17.8. The van der Waals surface area contributed by atoms with Crippen LogP contribution in [0.3, 0.4) is 0 Å². The molecular formula is C19H25N3O2. The zero-order valence-corrected chi connectivity index (χ0v) is 14.6. The zero-order valence-electron chi connectivity index (χ0n) is 14.6. The number of ether oxygens (including phenoxy) is 1. The lowest BCUT2D eigenvalue weighted by atomic mass is 10.2. The molecule has 1 amide bonds. The van der Waals surface area contributed by atoms with E-state index in [9.17, 15) is 4.79 Å². The highest BCUT2D eigenvalue weighted by atomic mass is 16.5. The molecule has 1 heterocycles. The molecule has 0 unspecified atom stereocenters. The Bertz CT molecular complexity index is 673. The molecule has 0 fully saturated rings. The Balaban J connectivity index is 2.15. The average Bonchev–Trinajstić information content (AvgIpc) is 2.61. The van der Waals surface area contributed by atoms with E-state index in [-0.39, 0.29) is 5.91 Å². The monoisotopic (exact) mass is 327 g/mol. The van der Waals surface area contributed by atoms with E-state index in [1.54, 1.807) is 17.2 Å². The molecule has 5 nitrogen and oxygen atoms in total. The number of carbonyl (C=O) groups excluding carboxylic acids is 1. The van der Waals surface area contributed by atoms with Crippen molar-refractivity contribution >= 4 is 17.3 Å². The van der Waals surface area contributed by atoms with Crippen LogP contribution in [0.5, 0.6) is 5.75 Å². The molecule has 1 aromatic heterocycles. The van der Waals surface area contributed by atoms with Crippen molar-refractivity contribution in [2.75, 3.05) is 25.5 Å². The summed E-state index contributed by atoms with van der Waals surface area (Å²) in [5, 5.41) is 3.30. The molecule has 5 heteroatoms. The number of unbranched alkanes of at least 4 members (excludes halogenated alkanes) is 1. The SMILES string of the molecule is CCCCN(C)C(=O)c1cc(Nc2ccccc2OCC)ccn1. The van der Waals surface area contributed by atoms with Gasteiger partial charge in [-0.1, -0.05) is 25.5 Å². The number of amides is 1. The van der Waals surface area contributed by atoms with Gasteiger partial charge < -0.3 is 15.0 Å². The van der Waals surface area contributed by atoms with E-state index in [1.807, 2.05) is 44.3 Å². The first-order valence-corrected chi connectivity index (χ1v) is 8.36. The van der Waals surface area contributed by atoms with Gasteiger partial charge in [0.15, 0.2) is 0 Å². The van der Waals surface area contributed by atoms with Crippen molar-refractivity contribution < 1.29 is 9.53 Å². The maximum absolute atomic E-state index is 12.4. The van der Waals surface area contributed by atoms with Gasteiger partial charge in [0.1, 0.15) is 11.4 Å². The largest absolute Gasteiger partial charge is 0.492 e. The van der Waals surface area contributed by atoms with Crippen LogP contribution in [0, 0.1) is 0 Å². The number of nitrogens with zero attached hydrogens (tertiary/aromatic N) is 2. The molecule has 0 bridgehead atoms. The highest BCUT2D eigenvalue weighted by Crippen LogP contribution is 2.27. The van der Waals surface area contributed by atoms with Crippen molar-refractivity contribution in [3.63, 3.8) is 0 Å². The van der Waals surface area contributed by atoms with Crippen LogP contribution in [-0.2, 0) is 0 Å². The number of aromatic nitrogens is 1. The number of nitrogens with one attached hydrogen (secondary N) is 1. The summed E-state index contributed by atoms with van der Waals surface area (Å²) >= 11 is 0. The van der Waals surface area contributed by atoms with Crippen LogP contribution in [0.15, 0.2) is 42.6 Å². The summed E-state index contributed by atoms with van der Waals surface area (Å²) in [5.41, 5.74) is 2.11. The Hall–Kier alpha value is -2.56. The molecule has 0 saturated heterocycles. The first-order chi connectivity index (χ1) is 11.7. The molecule has 0 aliphatic carbocycles. The maximum atomic E-state index is 12.4. The van der Waals surface area contributed by atoms with E-state index < -0.39 is 0 Å². The van der Waals surface area contributed by atoms with E-state index in [1.165, 1.54) is 0 Å². The van der Waals surface area contributed by atoms with E-state index in [0.717, 1.165) is 36.5 Å². The van der Waals surface area contributed by atoms with Crippen LogP contribution in [-0.4, -0.2) is 36.0 Å². The van der Waals surface area contributed by atoms with Crippen LogP contribution in [0.4, 0.5) is 11.4 Å². The van der Waals surface area contributed by atoms with E-state index in [2.05, 4.69) is 17.2 Å². The predicted octanol–water partition coefficient (Wildman–Crippen LogP) is 4.10.